The monoisotopic (exact) mass is 393 g/mol. The summed E-state index contributed by atoms with van der Waals surface area (Å²) in [6, 6.07) is 8.40. The second-order valence-corrected chi connectivity index (χ2v) is 5.82. The molecule has 1 aromatic carbocycles. The molecule has 6 heteroatoms. The van der Waals surface area contributed by atoms with E-state index >= 15 is 0 Å². The predicted octanol–water partition coefficient (Wildman–Crippen LogP) is 1.87. The van der Waals surface area contributed by atoms with Gasteiger partial charge in [-0.15, -0.1) is 24.0 Å². The van der Waals surface area contributed by atoms with Gasteiger partial charge in [0.05, 0.1) is 0 Å². The minimum Gasteiger partial charge on any atom is -0.354 e. The molecule has 0 amide bonds. The van der Waals surface area contributed by atoms with E-state index in [2.05, 4.69) is 15.6 Å². The number of nitrogens with one attached hydrogen (secondary N) is 2. The highest BCUT2D eigenvalue weighted by Crippen LogP contribution is 2.18. The number of halogens is 1. The fourth-order valence-corrected chi connectivity index (χ4v) is 2.12. The van der Waals surface area contributed by atoms with Crippen LogP contribution in [0.3, 0.4) is 0 Å². The molecule has 4 nitrogen and oxygen atoms in total. The molecule has 0 heterocycles. The lowest BCUT2D eigenvalue weighted by molar-refractivity contribution is 0.686. The molecule has 0 bridgehead atoms. The lowest BCUT2D eigenvalue weighted by atomic mass is 10.2. The Morgan fingerprint density at radius 2 is 2.00 bits per heavy atom. The fraction of sp³-hybridized carbons (Fsp3) is 0.462. The number of guanidine groups is 1. The fourth-order valence-electron chi connectivity index (χ4n) is 1.60. The third kappa shape index (κ3) is 5.48. The van der Waals surface area contributed by atoms with Crippen LogP contribution in [0.2, 0.25) is 0 Å². The number of nitrogens with zero attached hydrogens (tertiary/aromatic N) is 1. The molecule has 0 radical (unpaired) electrons. The molecule has 1 unspecified atom stereocenters. The highest BCUT2D eigenvalue weighted by molar-refractivity contribution is 14.0. The van der Waals surface area contributed by atoms with Gasteiger partial charge in [0.25, 0.3) is 0 Å². The van der Waals surface area contributed by atoms with E-state index in [4.69, 9.17) is 0 Å². The van der Waals surface area contributed by atoms with E-state index in [9.17, 15) is 4.21 Å². The first kappa shape index (κ1) is 16.4. The molecular formula is C13H20IN3OS. The normalized spacial score (nSPS) is 16.4. The van der Waals surface area contributed by atoms with Gasteiger partial charge in [-0.25, -0.2) is 0 Å². The van der Waals surface area contributed by atoms with E-state index in [1.807, 2.05) is 24.3 Å². The molecule has 1 aromatic rings. The van der Waals surface area contributed by atoms with Gasteiger partial charge in [-0.2, -0.15) is 0 Å². The molecular weight excluding hydrogens is 373 g/mol. The first-order valence-corrected chi connectivity index (χ1v) is 7.64. The Labute approximate surface area is 133 Å². The zero-order chi connectivity index (χ0) is 13.0. The Hall–Kier alpha value is -0.630. The van der Waals surface area contributed by atoms with Gasteiger partial charge >= 0.3 is 0 Å². The third-order valence-electron chi connectivity index (χ3n) is 2.86. The Kier molecular flexibility index (Phi) is 6.78. The first-order chi connectivity index (χ1) is 8.69. The smallest absolute Gasteiger partial charge is 0.191 e. The summed E-state index contributed by atoms with van der Waals surface area (Å²) in [5, 5.41) is 6.60. The van der Waals surface area contributed by atoms with Crippen LogP contribution in [0.5, 0.6) is 0 Å². The first-order valence-electron chi connectivity index (χ1n) is 6.08. The van der Waals surface area contributed by atoms with Gasteiger partial charge < -0.3 is 10.6 Å². The second-order valence-electron chi connectivity index (χ2n) is 4.44. The summed E-state index contributed by atoms with van der Waals surface area (Å²) in [5.41, 5.74) is 1.16. The molecule has 2 N–H and O–H groups in total. The van der Waals surface area contributed by atoms with Gasteiger partial charge in [0.1, 0.15) is 0 Å². The quantitative estimate of drug-likeness (QED) is 0.467. The Morgan fingerprint density at radius 3 is 2.47 bits per heavy atom. The molecule has 0 saturated heterocycles. The molecule has 1 atom stereocenters. The number of hydrogen-bond acceptors (Lipinski definition) is 2. The van der Waals surface area contributed by atoms with Crippen molar-refractivity contribution in [1.29, 1.82) is 0 Å². The maximum Gasteiger partial charge on any atom is 0.191 e. The summed E-state index contributed by atoms with van der Waals surface area (Å²) in [6.45, 7) is 0.725. The second kappa shape index (κ2) is 7.84. The Balaban J connectivity index is 0.00000180. The Bertz CT molecular complexity index is 457. The van der Waals surface area contributed by atoms with Gasteiger partial charge in [-0.1, -0.05) is 12.1 Å². The highest BCUT2D eigenvalue weighted by atomic mass is 127. The van der Waals surface area contributed by atoms with Crippen LogP contribution in [0.1, 0.15) is 18.4 Å². The van der Waals surface area contributed by atoms with Gasteiger partial charge in [0.2, 0.25) is 0 Å². The van der Waals surface area contributed by atoms with Crippen molar-refractivity contribution in [1.82, 2.24) is 10.6 Å². The van der Waals surface area contributed by atoms with Crippen molar-refractivity contribution >= 4 is 40.7 Å². The van der Waals surface area contributed by atoms with Crippen molar-refractivity contribution in [2.24, 2.45) is 4.99 Å². The Morgan fingerprint density at radius 1 is 1.37 bits per heavy atom. The standard InChI is InChI=1S/C13H19N3OS.HI/c1-14-13(16-11-5-6-11)15-9-10-3-7-12(8-4-10)18(2)17;/h3-4,7-8,11H,5-6,9H2,1-2H3,(H2,14,15,16);1H. The number of rotatable bonds is 4. The molecule has 0 spiro atoms. The van der Waals surface area contributed by atoms with Crippen LogP contribution in [-0.2, 0) is 17.3 Å². The summed E-state index contributed by atoms with van der Waals surface area (Å²) in [5.74, 6) is 0.848. The molecule has 1 aliphatic carbocycles. The van der Waals surface area contributed by atoms with Crippen LogP contribution >= 0.6 is 24.0 Å². The molecule has 0 aromatic heterocycles. The summed E-state index contributed by atoms with van der Waals surface area (Å²) < 4.78 is 11.3. The average molecular weight is 393 g/mol. The van der Waals surface area contributed by atoms with E-state index in [1.54, 1.807) is 13.3 Å². The predicted molar refractivity (Wildman–Crippen MR) is 90.5 cm³/mol. The minimum absolute atomic E-state index is 0. The maximum absolute atomic E-state index is 11.3. The number of aliphatic imine (C=N–C) groups is 1. The summed E-state index contributed by atoms with van der Waals surface area (Å²) in [4.78, 5) is 5.04. The van der Waals surface area contributed by atoms with E-state index in [0.717, 1.165) is 23.0 Å². The van der Waals surface area contributed by atoms with E-state index in [1.165, 1.54) is 12.8 Å². The van der Waals surface area contributed by atoms with Crippen LogP contribution in [-0.4, -0.2) is 29.5 Å². The van der Waals surface area contributed by atoms with Gasteiger partial charge in [-0.3, -0.25) is 9.20 Å². The van der Waals surface area contributed by atoms with Crippen molar-refractivity contribution in [2.45, 2.75) is 30.3 Å². The number of hydrogen-bond donors (Lipinski definition) is 2. The molecule has 19 heavy (non-hydrogen) atoms. The average Bonchev–Trinajstić information content (AvgIpc) is 3.18. The van der Waals surface area contributed by atoms with Crippen LogP contribution in [0.4, 0.5) is 0 Å². The minimum atomic E-state index is -0.908. The van der Waals surface area contributed by atoms with Crippen LogP contribution < -0.4 is 10.6 Å². The topological polar surface area (TPSA) is 53.5 Å². The summed E-state index contributed by atoms with van der Waals surface area (Å²) in [6.07, 6.45) is 4.16. The van der Waals surface area contributed by atoms with E-state index in [0.29, 0.717) is 6.04 Å². The van der Waals surface area contributed by atoms with Crippen LogP contribution in [0.25, 0.3) is 0 Å². The SMILES string of the molecule is CN=C(NCc1ccc(S(C)=O)cc1)NC1CC1.I. The van der Waals surface area contributed by atoms with Gasteiger partial charge in [0, 0.05) is 41.6 Å². The molecule has 1 aliphatic rings. The molecule has 1 saturated carbocycles. The van der Waals surface area contributed by atoms with Crippen LogP contribution in [0.15, 0.2) is 34.2 Å². The van der Waals surface area contributed by atoms with Crippen molar-refractivity contribution in [3.63, 3.8) is 0 Å². The summed E-state index contributed by atoms with van der Waals surface area (Å²) in [7, 11) is 0.871. The van der Waals surface area contributed by atoms with E-state index < -0.39 is 10.8 Å². The van der Waals surface area contributed by atoms with E-state index in [-0.39, 0.29) is 24.0 Å². The lowest BCUT2D eigenvalue weighted by Crippen LogP contribution is -2.38. The van der Waals surface area contributed by atoms with Gasteiger partial charge in [-0.05, 0) is 30.5 Å². The molecule has 1 fully saturated rings. The van der Waals surface area contributed by atoms with Crippen molar-refractivity contribution < 1.29 is 4.21 Å². The van der Waals surface area contributed by atoms with Crippen molar-refractivity contribution in [2.75, 3.05) is 13.3 Å². The van der Waals surface area contributed by atoms with Crippen molar-refractivity contribution in [3.05, 3.63) is 29.8 Å². The molecule has 2 rings (SSSR count). The summed E-state index contributed by atoms with van der Waals surface area (Å²) >= 11 is 0. The molecule has 106 valence electrons. The maximum atomic E-state index is 11.3. The highest BCUT2D eigenvalue weighted by Gasteiger charge is 2.21. The van der Waals surface area contributed by atoms with Crippen LogP contribution in [0, 0.1) is 0 Å². The zero-order valence-corrected chi connectivity index (χ0v) is 14.3. The lowest BCUT2D eigenvalue weighted by Gasteiger charge is -2.11. The molecule has 0 aliphatic heterocycles. The largest absolute Gasteiger partial charge is 0.354 e. The van der Waals surface area contributed by atoms with Gasteiger partial charge in [0.15, 0.2) is 5.96 Å². The third-order valence-corrected chi connectivity index (χ3v) is 3.79. The zero-order valence-electron chi connectivity index (χ0n) is 11.2. The van der Waals surface area contributed by atoms with Crippen molar-refractivity contribution in [3.8, 4) is 0 Å². The number of benzene rings is 1.